The molecule has 1 heterocycles. The first-order valence-corrected chi connectivity index (χ1v) is 9.40. The van der Waals surface area contributed by atoms with E-state index < -0.39 is 17.5 Å². The number of rotatable bonds is 7. The van der Waals surface area contributed by atoms with Crippen molar-refractivity contribution >= 4 is 23.4 Å². The molecule has 2 aromatic rings. The van der Waals surface area contributed by atoms with Crippen LogP contribution >= 0.6 is 11.6 Å². The first-order chi connectivity index (χ1) is 13.9. The maximum absolute atomic E-state index is 13.5. The summed E-state index contributed by atoms with van der Waals surface area (Å²) in [6, 6.07) is 6.19. The molecule has 9 heteroatoms. The van der Waals surface area contributed by atoms with Crippen LogP contribution in [0.2, 0.25) is 5.02 Å². The lowest BCUT2D eigenvalue weighted by molar-refractivity contribution is -0.121. The normalized spacial score (nSPS) is 12.4. The molecule has 6 nitrogen and oxygen atoms in total. The fourth-order valence-corrected chi connectivity index (χ4v) is 3.06. The van der Waals surface area contributed by atoms with Gasteiger partial charge >= 0.3 is 0 Å². The molecule has 0 fully saturated rings. The summed E-state index contributed by atoms with van der Waals surface area (Å²) < 4.78 is 37.4. The Labute approximate surface area is 171 Å². The molecule has 0 unspecified atom stereocenters. The molecule has 0 saturated carbocycles. The molecule has 0 radical (unpaired) electrons. The lowest BCUT2D eigenvalue weighted by Gasteiger charge is -2.20. The molecule has 1 aliphatic heterocycles. The van der Waals surface area contributed by atoms with Gasteiger partial charge in [0.1, 0.15) is 24.8 Å². The van der Waals surface area contributed by atoms with Gasteiger partial charge in [-0.3, -0.25) is 9.59 Å². The summed E-state index contributed by atoms with van der Waals surface area (Å²) in [6.45, 7) is 1.32. The summed E-state index contributed by atoms with van der Waals surface area (Å²) in [7, 11) is 0. The average Bonchev–Trinajstić information content (AvgIpc) is 2.69. The maximum Gasteiger partial charge on any atom is 0.254 e. The van der Waals surface area contributed by atoms with E-state index in [1.165, 1.54) is 0 Å². The van der Waals surface area contributed by atoms with E-state index in [0.717, 1.165) is 17.7 Å². The largest absolute Gasteiger partial charge is 0.486 e. The van der Waals surface area contributed by atoms with Crippen molar-refractivity contribution in [2.45, 2.75) is 19.4 Å². The van der Waals surface area contributed by atoms with Crippen LogP contribution < -0.4 is 20.1 Å². The second kappa shape index (κ2) is 9.56. The van der Waals surface area contributed by atoms with Crippen LogP contribution in [0.4, 0.5) is 8.78 Å². The van der Waals surface area contributed by atoms with E-state index in [2.05, 4.69) is 10.6 Å². The van der Waals surface area contributed by atoms with Crippen molar-refractivity contribution in [1.82, 2.24) is 10.6 Å². The van der Waals surface area contributed by atoms with Crippen molar-refractivity contribution in [3.8, 4) is 11.5 Å². The molecule has 2 amide bonds. The third kappa shape index (κ3) is 5.57. The first kappa shape index (κ1) is 20.9. The molecule has 0 aromatic heterocycles. The van der Waals surface area contributed by atoms with Crippen LogP contribution in [0.5, 0.6) is 11.5 Å². The predicted octanol–water partition coefficient (Wildman–Crippen LogP) is 3.22. The minimum atomic E-state index is -0.932. The van der Waals surface area contributed by atoms with Gasteiger partial charge in [-0.25, -0.2) is 8.78 Å². The van der Waals surface area contributed by atoms with E-state index in [1.807, 2.05) is 0 Å². The maximum atomic E-state index is 13.5. The Balaban J connectivity index is 1.40. The Bertz CT molecular complexity index is 924. The van der Waals surface area contributed by atoms with Crippen molar-refractivity contribution in [1.29, 1.82) is 0 Å². The van der Waals surface area contributed by atoms with Crippen LogP contribution in [0.3, 0.4) is 0 Å². The highest BCUT2D eigenvalue weighted by atomic mass is 35.5. The zero-order valence-electron chi connectivity index (χ0n) is 15.4. The van der Waals surface area contributed by atoms with Gasteiger partial charge in [-0.1, -0.05) is 11.6 Å². The first-order valence-electron chi connectivity index (χ1n) is 9.02. The van der Waals surface area contributed by atoms with Crippen LogP contribution in [0.15, 0.2) is 30.3 Å². The summed E-state index contributed by atoms with van der Waals surface area (Å²) >= 11 is 6.16. The molecular formula is C20H19ClF2N2O4. The van der Waals surface area contributed by atoms with E-state index >= 15 is 0 Å². The monoisotopic (exact) mass is 424 g/mol. The van der Waals surface area contributed by atoms with Gasteiger partial charge in [0.25, 0.3) is 5.91 Å². The standard InChI is InChI=1S/C20H19ClF2N2O4/c21-15-8-12(9-17-19(15)29-7-6-28-17)11-25-18(26)2-1-5-24-20(27)14-4-3-13(22)10-16(14)23/h3-4,8-10H,1-2,5-7,11H2,(H,24,27)(H,25,26). The van der Waals surface area contributed by atoms with Gasteiger partial charge in [0.15, 0.2) is 11.5 Å². The number of fused-ring (bicyclic) bond motifs is 1. The molecule has 0 aliphatic carbocycles. The number of benzene rings is 2. The molecule has 0 spiro atoms. The fourth-order valence-electron chi connectivity index (χ4n) is 2.78. The highest BCUT2D eigenvalue weighted by Gasteiger charge is 2.17. The number of nitrogens with one attached hydrogen (secondary N) is 2. The zero-order valence-corrected chi connectivity index (χ0v) is 16.2. The molecular weight excluding hydrogens is 406 g/mol. The molecule has 3 rings (SSSR count). The van der Waals surface area contributed by atoms with Gasteiger partial charge in [-0.2, -0.15) is 0 Å². The molecule has 2 aromatic carbocycles. The van der Waals surface area contributed by atoms with Crippen LogP contribution in [-0.4, -0.2) is 31.6 Å². The van der Waals surface area contributed by atoms with Crippen molar-refractivity contribution in [3.05, 3.63) is 58.1 Å². The summed E-state index contributed by atoms with van der Waals surface area (Å²) in [5.41, 5.74) is 0.527. The quantitative estimate of drug-likeness (QED) is 0.669. The third-order valence-electron chi connectivity index (χ3n) is 4.19. The van der Waals surface area contributed by atoms with Gasteiger partial charge in [-0.15, -0.1) is 0 Å². The average molecular weight is 425 g/mol. The van der Waals surface area contributed by atoms with Crippen molar-refractivity contribution in [2.24, 2.45) is 0 Å². The van der Waals surface area contributed by atoms with E-state index in [9.17, 15) is 18.4 Å². The Hall–Kier alpha value is -2.87. The Morgan fingerprint density at radius 2 is 1.86 bits per heavy atom. The van der Waals surface area contributed by atoms with Gasteiger partial charge < -0.3 is 20.1 Å². The Morgan fingerprint density at radius 1 is 1.07 bits per heavy atom. The number of amides is 2. The van der Waals surface area contributed by atoms with E-state index in [0.29, 0.717) is 42.2 Å². The van der Waals surface area contributed by atoms with Gasteiger partial charge in [-0.05, 0) is 36.2 Å². The smallest absolute Gasteiger partial charge is 0.254 e. The number of hydrogen-bond acceptors (Lipinski definition) is 4. The van der Waals surface area contributed by atoms with Crippen LogP contribution in [0.25, 0.3) is 0 Å². The lowest BCUT2D eigenvalue weighted by atomic mass is 10.1. The molecule has 1 aliphatic rings. The summed E-state index contributed by atoms with van der Waals surface area (Å²) in [6.07, 6.45) is 0.534. The Kier molecular flexibility index (Phi) is 6.87. The molecule has 0 bridgehead atoms. The van der Waals surface area contributed by atoms with Crippen molar-refractivity contribution in [2.75, 3.05) is 19.8 Å². The lowest BCUT2D eigenvalue weighted by Crippen LogP contribution is -2.28. The minimum absolute atomic E-state index is 0.171. The van der Waals surface area contributed by atoms with Gasteiger partial charge in [0.2, 0.25) is 5.91 Å². The van der Waals surface area contributed by atoms with Gasteiger partial charge in [0, 0.05) is 25.6 Å². The van der Waals surface area contributed by atoms with E-state index in [4.69, 9.17) is 21.1 Å². The number of ether oxygens (including phenoxy) is 2. The number of halogens is 3. The van der Waals surface area contributed by atoms with Crippen LogP contribution in [-0.2, 0) is 11.3 Å². The molecule has 154 valence electrons. The SMILES string of the molecule is O=C(CCCNC(=O)c1ccc(F)cc1F)NCc1cc(Cl)c2c(c1)OCCO2. The summed E-state index contributed by atoms with van der Waals surface area (Å²) in [5.74, 6) is -1.51. The van der Waals surface area contributed by atoms with Gasteiger partial charge in [0.05, 0.1) is 10.6 Å². The topological polar surface area (TPSA) is 76.7 Å². The van der Waals surface area contributed by atoms with E-state index in [1.54, 1.807) is 12.1 Å². The Morgan fingerprint density at radius 3 is 2.66 bits per heavy atom. The summed E-state index contributed by atoms with van der Waals surface area (Å²) in [4.78, 5) is 23.9. The second-order valence-corrected chi connectivity index (χ2v) is 6.77. The second-order valence-electron chi connectivity index (χ2n) is 6.36. The van der Waals surface area contributed by atoms with Crippen LogP contribution in [0, 0.1) is 11.6 Å². The third-order valence-corrected chi connectivity index (χ3v) is 4.47. The number of hydrogen-bond donors (Lipinski definition) is 2. The predicted molar refractivity (Wildman–Crippen MR) is 102 cm³/mol. The highest BCUT2D eigenvalue weighted by molar-refractivity contribution is 6.32. The number of carbonyl (C=O) groups is 2. The highest BCUT2D eigenvalue weighted by Crippen LogP contribution is 2.38. The minimum Gasteiger partial charge on any atom is -0.486 e. The van der Waals surface area contributed by atoms with Crippen LogP contribution in [0.1, 0.15) is 28.8 Å². The van der Waals surface area contributed by atoms with Crippen molar-refractivity contribution < 1.29 is 27.8 Å². The number of carbonyl (C=O) groups excluding carboxylic acids is 2. The fraction of sp³-hybridized carbons (Fsp3) is 0.300. The molecule has 0 saturated heterocycles. The van der Waals surface area contributed by atoms with Crippen molar-refractivity contribution in [3.63, 3.8) is 0 Å². The summed E-state index contributed by atoms with van der Waals surface area (Å²) in [5, 5.41) is 5.68. The molecule has 29 heavy (non-hydrogen) atoms. The zero-order chi connectivity index (χ0) is 20.8. The van der Waals surface area contributed by atoms with E-state index in [-0.39, 0.29) is 31.0 Å². The molecule has 2 N–H and O–H groups in total. The molecule has 0 atom stereocenters.